The van der Waals surface area contributed by atoms with Crippen molar-refractivity contribution in [2.45, 2.75) is 17.9 Å². The summed E-state index contributed by atoms with van der Waals surface area (Å²) >= 11 is 6.08. The molecule has 1 aliphatic heterocycles. The van der Waals surface area contributed by atoms with E-state index in [1.54, 1.807) is 11.8 Å². The number of aliphatic hydroxyl groups is 1. The first-order chi connectivity index (χ1) is 7.49. The highest BCUT2D eigenvalue weighted by molar-refractivity contribution is 6.30. The average Bonchev–Trinajstić information content (AvgIpc) is 2.25. The summed E-state index contributed by atoms with van der Waals surface area (Å²) in [5.74, 6) is -0.139. The molecular weight excluding hydrogens is 226 g/mol. The van der Waals surface area contributed by atoms with Crippen LogP contribution in [0.25, 0.3) is 0 Å². The lowest BCUT2D eigenvalue weighted by Gasteiger charge is -2.44. The number of β-amino-alcohol motifs (C(OH)–C–C–N with tert-alkyl or cyclic N) is 1. The first kappa shape index (κ1) is 11.4. The monoisotopic (exact) mass is 239 g/mol. The van der Waals surface area contributed by atoms with Crippen LogP contribution in [-0.2, 0) is 4.79 Å². The molecule has 1 atom stereocenters. The number of alkyl halides is 1. The Morgan fingerprint density at radius 2 is 2.00 bits per heavy atom. The second-order valence-corrected chi connectivity index (χ2v) is 4.90. The normalized spacial score (nSPS) is 20.1. The molecule has 0 aromatic heterocycles. The summed E-state index contributed by atoms with van der Waals surface area (Å²) in [4.78, 5) is 13.5. The first-order valence-electron chi connectivity index (χ1n) is 5.20. The van der Waals surface area contributed by atoms with Crippen molar-refractivity contribution in [1.29, 1.82) is 0 Å². The van der Waals surface area contributed by atoms with Crippen molar-refractivity contribution in [3.63, 3.8) is 0 Å². The van der Waals surface area contributed by atoms with Gasteiger partial charge in [0.1, 0.15) is 5.38 Å². The number of carbonyl (C=O) groups is 1. The summed E-state index contributed by atoms with van der Waals surface area (Å²) in [6, 6.07) is 9.24. The van der Waals surface area contributed by atoms with E-state index in [0.717, 1.165) is 5.56 Å². The first-order valence-corrected chi connectivity index (χ1v) is 5.63. The van der Waals surface area contributed by atoms with Crippen molar-refractivity contribution in [3.8, 4) is 0 Å². The van der Waals surface area contributed by atoms with Gasteiger partial charge in [-0.05, 0) is 12.5 Å². The van der Waals surface area contributed by atoms with E-state index < -0.39 is 11.0 Å². The fourth-order valence-electron chi connectivity index (χ4n) is 1.86. The van der Waals surface area contributed by atoms with Crippen LogP contribution in [0.4, 0.5) is 0 Å². The summed E-state index contributed by atoms with van der Waals surface area (Å²) in [6.07, 6.45) is 0. The number of nitrogens with zero attached hydrogens (tertiary/aromatic N) is 1. The van der Waals surface area contributed by atoms with Gasteiger partial charge in [-0.1, -0.05) is 30.3 Å². The van der Waals surface area contributed by atoms with Gasteiger partial charge >= 0.3 is 0 Å². The summed E-state index contributed by atoms with van der Waals surface area (Å²) in [6.45, 7) is 2.44. The average molecular weight is 240 g/mol. The molecule has 1 amide bonds. The minimum atomic E-state index is -0.747. The Morgan fingerprint density at radius 3 is 2.50 bits per heavy atom. The lowest BCUT2D eigenvalue weighted by atomic mass is 9.96. The molecule has 1 saturated heterocycles. The minimum Gasteiger partial charge on any atom is -0.386 e. The van der Waals surface area contributed by atoms with Gasteiger partial charge in [0.15, 0.2) is 0 Å². The third-order valence-electron chi connectivity index (χ3n) is 2.68. The zero-order valence-electron chi connectivity index (χ0n) is 9.06. The van der Waals surface area contributed by atoms with E-state index in [4.69, 9.17) is 11.6 Å². The molecule has 0 radical (unpaired) electrons. The highest BCUT2D eigenvalue weighted by Gasteiger charge is 2.41. The van der Waals surface area contributed by atoms with Crippen LogP contribution in [0, 0.1) is 0 Å². The third-order valence-corrected chi connectivity index (χ3v) is 3.12. The Hall–Kier alpha value is -1.06. The van der Waals surface area contributed by atoms with Crippen LogP contribution in [0.15, 0.2) is 30.3 Å². The van der Waals surface area contributed by atoms with Gasteiger partial charge in [0, 0.05) is 0 Å². The second-order valence-electron chi connectivity index (χ2n) is 4.46. The fourth-order valence-corrected chi connectivity index (χ4v) is 2.14. The molecule has 4 heteroatoms. The van der Waals surface area contributed by atoms with E-state index in [0.29, 0.717) is 13.1 Å². The summed E-state index contributed by atoms with van der Waals surface area (Å²) in [7, 11) is 0. The zero-order valence-corrected chi connectivity index (χ0v) is 9.81. The molecule has 86 valence electrons. The van der Waals surface area contributed by atoms with Crippen LogP contribution in [0.5, 0.6) is 0 Å². The number of likely N-dealkylation sites (tertiary alicyclic amines) is 1. The van der Waals surface area contributed by atoms with Crippen molar-refractivity contribution in [3.05, 3.63) is 35.9 Å². The van der Waals surface area contributed by atoms with Crippen molar-refractivity contribution in [2.24, 2.45) is 0 Å². The molecule has 2 rings (SSSR count). The van der Waals surface area contributed by atoms with Crippen molar-refractivity contribution >= 4 is 17.5 Å². The zero-order chi connectivity index (χ0) is 11.8. The maximum atomic E-state index is 11.9. The van der Waals surface area contributed by atoms with Crippen LogP contribution < -0.4 is 0 Å². The van der Waals surface area contributed by atoms with Gasteiger partial charge in [0.2, 0.25) is 5.91 Å². The van der Waals surface area contributed by atoms with Crippen LogP contribution in [-0.4, -0.2) is 34.6 Å². The van der Waals surface area contributed by atoms with Crippen LogP contribution in [0.3, 0.4) is 0 Å². The lowest BCUT2D eigenvalue weighted by molar-refractivity contribution is -0.152. The van der Waals surface area contributed by atoms with E-state index >= 15 is 0 Å². The van der Waals surface area contributed by atoms with Crippen LogP contribution in [0.2, 0.25) is 0 Å². The fraction of sp³-hybridized carbons (Fsp3) is 0.417. The maximum Gasteiger partial charge on any atom is 0.245 e. The highest BCUT2D eigenvalue weighted by Crippen LogP contribution is 2.28. The molecule has 1 heterocycles. The minimum absolute atomic E-state index is 0.139. The van der Waals surface area contributed by atoms with Crippen molar-refractivity contribution in [1.82, 2.24) is 4.90 Å². The molecule has 3 nitrogen and oxygen atoms in total. The molecule has 0 saturated carbocycles. The summed E-state index contributed by atoms with van der Waals surface area (Å²) in [5.41, 5.74) is 0.0453. The molecule has 0 spiro atoms. The Labute approximate surface area is 99.6 Å². The Kier molecular flexibility index (Phi) is 2.91. The molecule has 0 aliphatic carbocycles. The summed E-state index contributed by atoms with van der Waals surface area (Å²) in [5, 5.41) is 8.89. The number of benzene rings is 1. The third kappa shape index (κ3) is 2.20. The SMILES string of the molecule is CC1(O)CN(C(=O)C(Cl)c2ccccc2)C1. The predicted octanol–water partition coefficient (Wildman–Crippen LogP) is 1.56. The standard InChI is InChI=1S/C12H14ClNO2/c1-12(16)7-14(8-12)11(15)10(13)9-5-3-2-4-6-9/h2-6,10,16H,7-8H2,1H3. The van der Waals surface area contributed by atoms with E-state index in [1.807, 2.05) is 30.3 Å². The van der Waals surface area contributed by atoms with Gasteiger partial charge in [-0.25, -0.2) is 0 Å². The Morgan fingerprint density at radius 1 is 1.44 bits per heavy atom. The van der Waals surface area contributed by atoms with Crippen LogP contribution >= 0.6 is 11.6 Å². The van der Waals surface area contributed by atoms with Gasteiger partial charge < -0.3 is 10.0 Å². The molecule has 16 heavy (non-hydrogen) atoms. The predicted molar refractivity (Wildman–Crippen MR) is 62.2 cm³/mol. The van der Waals surface area contributed by atoms with E-state index in [-0.39, 0.29) is 5.91 Å². The van der Waals surface area contributed by atoms with E-state index in [2.05, 4.69) is 0 Å². The molecule has 1 fully saturated rings. The van der Waals surface area contributed by atoms with Crippen molar-refractivity contribution < 1.29 is 9.90 Å². The molecular formula is C12H14ClNO2. The molecule has 1 aromatic rings. The molecule has 1 aromatic carbocycles. The smallest absolute Gasteiger partial charge is 0.245 e. The van der Waals surface area contributed by atoms with E-state index in [9.17, 15) is 9.90 Å². The number of hydrogen-bond acceptors (Lipinski definition) is 2. The molecule has 1 N–H and O–H groups in total. The van der Waals surface area contributed by atoms with Crippen molar-refractivity contribution in [2.75, 3.05) is 13.1 Å². The Bertz CT molecular complexity index is 383. The van der Waals surface area contributed by atoms with Gasteiger partial charge in [-0.15, -0.1) is 11.6 Å². The second kappa shape index (κ2) is 4.07. The topological polar surface area (TPSA) is 40.5 Å². The van der Waals surface area contributed by atoms with Gasteiger partial charge in [-0.2, -0.15) is 0 Å². The molecule has 0 bridgehead atoms. The number of halogens is 1. The number of hydrogen-bond donors (Lipinski definition) is 1. The summed E-state index contributed by atoms with van der Waals surface area (Å²) < 4.78 is 0. The van der Waals surface area contributed by atoms with Gasteiger partial charge in [0.25, 0.3) is 0 Å². The number of carbonyl (C=O) groups excluding carboxylic acids is 1. The highest BCUT2D eigenvalue weighted by atomic mass is 35.5. The maximum absolute atomic E-state index is 11.9. The Balaban J connectivity index is 2.01. The molecule has 1 aliphatic rings. The van der Waals surface area contributed by atoms with Gasteiger partial charge in [-0.3, -0.25) is 4.79 Å². The largest absolute Gasteiger partial charge is 0.386 e. The lowest BCUT2D eigenvalue weighted by Crippen LogP contribution is -2.62. The van der Waals surface area contributed by atoms with Crippen LogP contribution in [0.1, 0.15) is 17.9 Å². The number of amides is 1. The number of rotatable bonds is 2. The van der Waals surface area contributed by atoms with Gasteiger partial charge in [0.05, 0.1) is 18.7 Å². The quantitative estimate of drug-likeness (QED) is 0.796. The molecule has 1 unspecified atom stereocenters. The van der Waals surface area contributed by atoms with E-state index in [1.165, 1.54) is 0 Å².